The lowest BCUT2D eigenvalue weighted by molar-refractivity contribution is -0.116. The predicted octanol–water partition coefficient (Wildman–Crippen LogP) is 2.95. The van der Waals surface area contributed by atoms with Crippen LogP contribution < -0.4 is 10.9 Å². The third-order valence-corrected chi connectivity index (χ3v) is 4.77. The molecule has 0 aliphatic rings. The first-order valence-electron chi connectivity index (χ1n) is 7.72. The van der Waals surface area contributed by atoms with Crippen LogP contribution in [0.4, 0.5) is 5.69 Å². The van der Waals surface area contributed by atoms with Crippen LogP contribution in [0.25, 0.3) is 21.3 Å². The molecule has 1 N–H and O–H groups in total. The first kappa shape index (κ1) is 15.5. The number of hydrogen-bond acceptors (Lipinski definition) is 5. The van der Waals surface area contributed by atoms with Crippen LogP contribution in [0.15, 0.2) is 53.5 Å². The molecule has 0 saturated carbocycles. The predicted molar refractivity (Wildman–Crippen MR) is 99.0 cm³/mol. The van der Waals surface area contributed by atoms with Gasteiger partial charge in [0.05, 0.1) is 32.5 Å². The van der Waals surface area contributed by atoms with E-state index in [4.69, 9.17) is 0 Å². The van der Waals surface area contributed by atoms with Gasteiger partial charge in [-0.1, -0.05) is 12.1 Å². The number of hydrogen-bond donors (Lipinski definition) is 1. The second-order valence-electron chi connectivity index (χ2n) is 5.63. The Bertz CT molecular complexity index is 1160. The quantitative estimate of drug-likeness (QED) is 0.616. The molecular formula is C18H14N4O2S. The highest BCUT2D eigenvalue weighted by Gasteiger charge is 2.10. The summed E-state index contributed by atoms with van der Waals surface area (Å²) in [6, 6.07) is 12.8. The van der Waals surface area contributed by atoms with E-state index in [-0.39, 0.29) is 18.0 Å². The third kappa shape index (κ3) is 3.01. The van der Waals surface area contributed by atoms with E-state index in [1.165, 1.54) is 10.8 Å². The number of benzene rings is 2. The largest absolute Gasteiger partial charge is 0.324 e. The minimum absolute atomic E-state index is 0.0678. The van der Waals surface area contributed by atoms with Crippen LogP contribution in [0.3, 0.4) is 0 Å². The number of para-hydroxylation sites is 2. The lowest BCUT2D eigenvalue weighted by atomic mass is 10.3. The minimum Gasteiger partial charge on any atom is -0.324 e. The van der Waals surface area contributed by atoms with Crippen LogP contribution >= 0.6 is 11.3 Å². The molecule has 0 fully saturated rings. The molecule has 0 unspecified atom stereocenters. The Morgan fingerprint density at radius 3 is 2.92 bits per heavy atom. The molecule has 0 radical (unpaired) electrons. The molecule has 0 spiro atoms. The van der Waals surface area contributed by atoms with Gasteiger partial charge in [0.1, 0.15) is 6.54 Å². The van der Waals surface area contributed by atoms with E-state index in [9.17, 15) is 9.59 Å². The second-order valence-corrected chi connectivity index (χ2v) is 6.87. The van der Waals surface area contributed by atoms with Crippen LogP contribution in [0.2, 0.25) is 0 Å². The van der Waals surface area contributed by atoms with Crippen molar-refractivity contribution in [3.05, 3.63) is 64.0 Å². The highest BCUT2D eigenvalue weighted by atomic mass is 32.1. The zero-order valence-electron chi connectivity index (χ0n) is 13.4. The Morgan fingerprint density at radius 2 is 2.04 bits per heavy atom. The third-order valence-electron chi connectivity index (χ3n) is 3.83. The van der Waals surface area contributed by atoms with E-state index in [1.807, 2.05) is 43.3 Å². The SMILES string of the molecule is Cc1nc2ccc(NC(=O)Cn3c(=O)cnc4ccccc43)cc2s1. The molecule has 25 heavy (non-hydrogen) atoms. The molecule has 1 amide bonds. The fourth-order valence-electron chi connectivity index (χ4n) is 2.74. The number of aromatic nitrogens is 3. The van der Waals surface area contributed by atoms with Crippen molar-refractivity contribution >= 4 is 44.2 Å². The molecule has 0 aliphatic carbocycles. The van der Waals surface area contributed by atoms with Crippen molar-refractivity contribution in [1.29, 1.82) is 0 Å². The van der Waals surface area contributed by atoms with Gasteiger partial charge in [0.25, 0.3) is 5.56 Å². The molecule has 0 saturated heterocycles. The number of nitrogens with zero attached hydrogens (tertiary/aromatic N) is 3. The van der Waals surface area contributed by atoms with Crippen molar-refractivity contribution in [3.63, 3.8) is 0 Å². The average molecular weight is 350 g/mol. The van der Waals surface area contributed by atoms with Crippen LogP contribution in [0.5, 0.6) is 0 Å². The number of rotatable bonds is 3. The maximum atomic E-state index is 12.4. The number of aryl methyl sites for hydroxylation is 1. The minimum atomic E-state index is -0.303. The summed E-state index contributed by atoms with van der Waals surface area (Å²) in [7, 11) is 0. The van der Waals surface area contributed by atoms with Gasteiger partial charge in [-0.3, -0.25) is 14.2 Å². The first-order valence-corrected chi connectivity index (χ1v) is 8.53. The maximum Gasteiger partial charge on any atom is 0.269 e. The molecular weight excluding hydrogens is 336 g/mol. The number of carbonyl (C=O) groups is 1. The molecule has 2 aromatic heterocycles. The molecule has 7 heteroatoms. The fourth-order valence-corrected chi connectivity index (χ4v) is 3.61. The van der Waals surface area contributed by atoms with Crippen LogP contribution in [0, 0.1) is 6.92 Å². The summed E-state index contributed by atoms with van der Waals surface area (Å²) in [6.07, 6.45) is 1.24. The smallest absolute Gasteiger partial charge is 0.269 e. The van der Waals surface area contributed by atoms with Crippen LogP contribution in [-0.4, -0.2) is 20.4 Å². The van der Waals surface area contributed by atoms with E-state index in [0.29, 0.717) is 16.7 Å². The van der Waals surface area contributed by atoms with E-state index in [1.54, 1.807) is 17.4 Å². The zero-order valence-corrected chi connectivity index (χ0v) is 14.2. The van der Waals surface area contributed by atoms with Gasteiger partial charge in [-0.15, -0.1) is 11.3 Å². The molecule has 4 aromatic rings. The number of thiazole rings is 1. The topological polar surface area (TPSA) is 76.9 Å². The zero-order chi connectivity index (χ0) is 17.4. The Labute approximate surface area is 146 Å². The number of nitrogens with one attached hydrogen (secondary N) is 1. The highest BCUT2D eigenvalue weighted by Crippen LogP contribution is 2.24. The van der Waals surface area contributed by atoms with Gasteiger partial charge in [0, 0.05) is 5.69 Å². The van der Waals surface area contributed by atoms with Crippen molar-refractivity contribution in [2.45, 2.75) is 13.5 Å². The van der Waals surface area contributed by atoms with Crippen molar-refractivity contribution in [2.75, 3.05) is 5.32 Å². The monoisotopic (exact) mass is 350 g/mol. The van der Waals surface area contributed by atoms with Crippen molar-refractivity contribution in [3.8, 4) is 0 Å². The summed E-state index contributed by atoms with van der Waals surface area (Å²) >= 11 is 1.58. The van der Waals surface area contributed by atoms with E-state index in [0.717, 1.165) is 15.2 Å². The molecule has 124 valence electrons. The maximum absolute atomic E-state index is 12.4. The fraction of sp³-hybridized carbons (Fsp3) is 0.111. The van der Waals surface area contributed by atoms with Crippen molar-refractivity contribution in [2.24, 2.45) is 0 Å². The Hall–Kier alpha value is -3.06. The molecule has 0 bridgehead atoms. The summed E-state index contributed by atoms with van der Waals surface area (Å²) in [6.45, 7) is 1.88. The number of fused-ring (bicyclic) bond motifs is 2. The molecule has 0 aliphatic heterocycles. The van der Waals surface area contributed by atoms with Crippen LogP contribution in [0.1, 0.15) is 5.01 Å². The molecule has 6 nitrogen and oxygen atoms in total. The summed E-state index contributed by atoms with van der Waals surface area (Å²) in [5, 5.41) is 3.82. The summed E-state index contributed by atoms with van der Waals surface area (Å²) < 4.78 is 2.44. The van der Waals surface area contributed by atoms with E-state index < -0.39 is 0 Å². The van der Waals surface area contributed by atoms with Crippen molar-refractivity contribution in [1.82, 2.24) is 14.5 Å². The number of anilines is 1. The lowest BCUT2D eigenvalue weighted by Gasteiger charge is -2.10. The molecule has 2 heterocycles. The Balaban J connectivity index is 1.61. The number of amides is 1. The molecule has 0 atom stereocenters. The second kappa shape index (κ2) is 6.10. The van der Waals surface area contributed by atoms with Gasteiger partial charge in [-0.25, -0.2) is 9.97 Å². The van der Waals surface area contributed by atoms with Crippen molar-refractivity contribution < 1.29 is 4.79 Å². The normalized spacial score (nSPS) is 11.1. The van der Waals surface area contributed by atoms with Gasteiger partial charge in [0.15, 0.2) is 0 Å². The van der Waals surface area contributed by atoms with E-state index in [2.05, 4.69) is 15.3 Å². The Morgan fingerprint density at radius 1 is 1.20 bits per heavy atom. The lowest BCUT2D eigenvalue weighted by Crippen LogP contribution is -2.27. The van der Waals surface area contributed by atoms with E-state index >= 15 is 0 Å². The molecule has 2 aromatic carbocycles. The highest BCUT2D eigenvalue weighted by molar-refractivity contribution is 7.18. The van der Waals surface area contributed by atoms with Crippen LogP contribution in [-0.2, 0) is 11.3 Å². The first-order chi connectivity index (χ1) is 12.1. The Kier molecular flexibility index (Phi) is 3.77. The standard InChI is InChI=1S/C18H14N4O2S/c1-11-20-14-7-6-12(8-16(14)25-11)21-17(23)10-22-15-5-3-2-4-13(15)19-9-18(22)24/h2-9H,10H2,1H3,(H,21,23). The molecule has 4 rings (SSSR count). The average Bonchev–Trinajstić information content (AvgIpc) is 2.97. The van der Waals surface area contributed by atoms with Gasteiger partial charge in [-0.05, 0) is 37.3 Å². The summed E-state index contributed by atoms with van der Waals surface area (Å²) in [4.78, 5) is 33.0. The number of carbonyl (C=O) groups excluding carboxylic acids is 1. The summed E-state index contributed by atoms with van der Waals surface area (Å²) in [5.74, 6) is -0.265. The van der Waals surface area contributed by atoms with Gasteiger partial charge in [0.2, 0.25) is 5.91 Å². The summed E-state index contributed by atoms with van der Waals surface area (Å²) in [5.41, 5.74) is 2.61. The van der Waals surface area contributed by atoms with Gasteiger partial charge in [-0.2, -0.15) is 0 Å². The van der Waals surface area contributed by atoms with Gasteiger partial charge < -0.3 is 5.32 Å². The van der Waals surface area contributed by atoms with Gasteiger partial charge >= 0.3 is 0 Å².